The van der Waals surface area contributed by atoms with Crippen molar-refractivity contribution in [1.82, 2.24) is 0 Å². The summed E-state index contributed by atoms with van der Waals surface area (Å²) in [6.45, 7) is 2.28. The minimum Gasteiger partial charge on any atom is -0.485 e. The lowest BCUT2D eigenvalue weighted by Crippen LogP contribution is -2.14. The molecule has 2 aromatic heterocycles. The van der Waals surface area contributed by atoms with Gasteiger partial charge in [0.15, 0.2) is 23.0 Å². The van der Waals surface area contributed by atoms with Crippen LogP contribution in [0.2, 0.25) is 0 Å². The number of thiophene rings is 2. The first kappa shape index (κ1) is 23.7. The largest absolute Gasteiger partial charge is 0.485 e. The quantitative estimate of drug-likeness (QED) is 0.221. The van der Waals surface area contributed by atoms with Crippen LogP contribution >= 0.6 is 22.7 Å². The Morgan fingerprint density at radius 3 is 1.41 bits per heavy atom. The number of nitriles is 1. The van der Waals surface area contributed by atoms with E-state index in [9.17, 15) is 5.26 Å². The first-order valence-corrected chi connectivity index (χ1v) is 14.3. The maximum absolute atomic E-state index is 9.31. The fraction of sp³-hybridized carbons (Fsp3) is 0.129. The maximum atomic E-state index is 9.31. The number of hydrogen-bond acceptors (Lipinski definition) is 8. The maximum Gasteiger partial charge on any atom is 0.179 e. The molecule has 8 heteroatoms. The van der Waals surface area contributed by atoms with Crippen molar-refractivity contribution >= 4 is 39.7 Å². The van der Waals surface area contributed by atoms with Gasteiger partial charge >= 0.3 is 0 Å². The van der Waals surface area contributed by atoms with Crippen LogP contribution in [0.25, 0.3) is 20.9 Å². The van der Waals surface area contributed by atoms with Gasteiger partial charge in [0.1, 0.15) is 26.4 Å². The molecule has 0 saturated heterocycles. The summed E-state index contributed by atoms with van der Waals surface area (Å²) >= 11 is 3.25. The van der Waals surface area contributed by atoms with Gasteiger partial charge in [0.05, 0.1) is 21.4 Å². The van der Waals surface area contributed by atoms with Crippen molar-refractivity contribution in [2.24, 2.45) is 0 Å². The van der Waals surface area contributed by atoms with Gasteiger partial charge in [-0.3, -0.25) is 0 Å². The third-order valence-corrected chi connectivity index (χ3v) is 8.61. The zero-order valence-electron chi connectivity index (χ0n) is 20.8. The smallest absolute Gasteiger partial charge is 0.179 e. The van der Waals surface area contributed by atoms with Gasteiger partial charge in [0.25, 0.3) is 0 Å². The molecule has 0 bridgehead atoms. The zero-order valence-corrected chi connectivity index (χ0v) is 22.4. The van der Waals surface area contributed by atoms with E-state index < -0.39 is 0 Å². The molecule has 2 aliphatic rings. The molecule has 0 saturated carbocycles. The van der Waals surface area contributed by atoms with Gasteiger partial charge in [-0.2, -0.15) is 5.26 Å². The van der Waals surface area contributed by atoms with Crippen LogP contribution in [-0.4, -0.2) is 26.4 Å². The van der Waals surface area contributed by atoms with E-state index in [0.717, 1.165) is 60.9 Å². The fourth-order valence-corrected chi connectivity index (χ4v) is 6.66. The Morgan fingerprint density at radius 2 is 0.974 bits per heavy atom. The number of fused-ring (bicyclic) bond motifs is 2. The molecule has 192 valence electrons. The Balaban J connectivity index is 1.25. The molecule has 2 aliphatic heterocycles. The average molecular weight is 551 g/mol. The summed E-state index contributed by atoms with van der Waals surface area (Å²) in [5.41, 5.74) is 5.75. The molecule has 0 unspecified atom stereocenters. The second-order valence-electron chi connectivity index (χ2n) is 9.00. The third-order valence-electron chi connectivity index (χ3n) is 6.63. The van der Waals surface area contributed by atoms with E-state index in [4.69, 9.17) is 18.9 Å². The van der Waals surface area contributed by atoms with Crippen molar-refractivity contribution in [3.63, 3.8) is 0 Å². The summed E-state index contributed by atoms with van der Waals surface area (Å²) in [5, 5.41) is 13.3. The van der Waals surface area contributed by atoms with E-state index in [1.165, 1.54) is 0 Å². The summed E-state index contributed by atoms with van der Waals surface area (Å²) in [6, 6.07) is 26.7. The number of hydrogen-bond donors (Lipinski definition) is 0. The predicted octanol–water partition coefficient (Wildman–Crippen LogP) is 8.03. The van der Waals surface area contributed by atoms with E-state index >= 15 is 0 Å². The van der Waals surface area contributed by atoms with Crippen molar-refractivity contribution < 1.29 is 18.9 Å². The van der Waals surface area contributed by atoms with Gasteiger partial charge in [0.2, 0.25) is 0 Å². The molecule has 0 amide bonds. The molecule has 5 aromatic rings. The van der Waals surface area contributed by atoms with E-state index in [0.29, 0.717) is 32.0 Å². The minimum atomic E-state index is 0.560. The molecule has 3 aromatic carbocycles. The summed E-state index contributed by atoms with van der Waals surface area (Å²) < 4.78 is 23.3. The Morgan fingerprint density at radius 1 is 0.564 bits per heavy atom. The van der Waals surface area contributed by atoms with E-state index in [-0.39, 0.29) is 0 Å². The van der Waals surface area contributed by atoms with Gasteiger partial charge in [0, 0.05) is 27.8 Å². The fourth-order valence-electron chi connectivity index (χ4n) is 4.78. The molecule has 0 aliphatic carbocycles. The summed E-state index contributed by atoms with van der Waals surface area (Å²) in [7, 11) is 0. The van der Waals surface area contributed by atoms with E-state index in [2.05, 4.69) is 59.5 Å². The highest BCUT2D eigenvalue weighted by Gasteiger charge is 2.22. The lowest BCUT2D eigenvalue weighted by Gasteiger charge is -2.26. The standard InChI is InChI=1S/C31H22N2O4S2/c32-17-20-1-7-23(8-2-20)33(24-9-3-21(4-10-24)30-28-26(18-38-30)34-13-15-36-28)25-11-5-22(6-12-25)31-29-27(19-39-31)35-14-16-37-29/h1-12,18-19H,13-16H2. The zero-order chi connectivity index (χ0) is 26.2. The number of rotatable bonds is 5. The van der Waals surface area contributed by atoms with Crippen molar-refractivity contribution in [2.45, 2.75) is 0 Å². The van der Waals surface area contributed by atoms with Crippen LogP contribution in [0.3, 0.4) is 0 Å². The Labute approximate surface area is 233 Å². The molecule has 4 heterocycles. The lowest BCUT2D eigenvalue weighted by molar-refractivity contribution is 0.174. The molecule has 6 nitrogen and oxygen atoms in total. The van der Waals surface area contributed by atoms with Gasteiger partial charge in [-0.05, 0) is 59.7 Å². The minimum absolute atomic E-state index is 0.560. The second-order valence-corrected chi connectivity index (χ2v) is 10.8. The molecule has 0 N–H and O–H groups in total. The van der Waals surface area contributed by atoms with Gasteiger partial charge < -0.3 is 23.8 Å². The number of ether oxygens (including phenoxy) is 4. The van der Waals surface area contributed by atoms with Crippen molar-refractivity contribution in [2.75, 3.05) is 31.3 Å². The van der Waals surface area contributed by atoms with Crippen LogP contribution in [0.5, 0.6) is 23.0 Å². The summed E-state index contributed by atoms with van der Waals surface area (Å²) in [5.74, 6) is 3.27. The van der Waals surface area contributed by atoms with Crippen molar-refractivity contribution in [3.8, 4) is 49.9 Å². The average Bonchev–Trinajstić information content (AvgIpc) is 3.63. The topological polar surface area (TPSA) is 64.0 Å². The molecule has 0 atom stereocenters. The Kier molecular flexibility index (Phi) is 6.08. The number of benzene rings is 3. The highest BCUT2D eigenvalue weighted by Crippen LogP contribution is 2.48. The highest BCUT2D eigenvalue weighted by molar-refractivity contribution is 7.14. The number of nitrogens with zero attached hydrogens (tertiary/aromatic N) is 2. The molecule has 0 fully saturated rings. The lowest BCUT2D eigenvalue weighted by atomic mass is 10.1. The summed E-state index contributed by atoms with van der Waals surface area (Å²) in [4.78, 5) is 4.31. The van der Waals surface area contributed by atoms with Gasteiger partial charge in [-0.15, -0.1) is 22.7 Å². The predicted molar refractivity (Wildman–Crippen MR) is 154 cm³/mol. The third kappa shape index (κ3) is 4.36. The normalized spacial score (nSPS) is 13.5. The molecule has 0 radical (unpaired) electrons. The molecular formula is C31H22N2O4S2. The van der Waals surface area contributed by atoms with Crippen LogP contribution in [0.1, 0.15) is 5.56 Å². The highest BCUT2D eigenvalue weighted by atomic mass is 32.1. The molecular weight excluding hydrogens is 528 g/mol. The van der Waals surface area contributed by atoms with Crippen LogP contribution in [-0.2, 0) is 0 Å². The SMILES string of the molecule is N#Cc1ccc(N(c2ccc(-c3scc4c3OCCO4)cc2)c2ccc(-c3scc4c3OCCO4)cc2)cc1. The van der Waals surface area contributed by atoms with E-state index in [1.54, 1.807) is 22.7 Å². The van der Waals surface area contributed by atoms with Gasteiger partial charge in [-0.1, -0.05) is 24.3 Å². The monoisotopic (exact) mass is 550 g/mol. The van der Waals surface area contributed by atoms with Crippen LogP contribution in [0.4, 0.5) is 17.1 Å². The van der Waals surface area contributed by atoms with Crippen LogP contribution in [0.15, 0.2) is 83.6 Å². The Hall–Kier alpha value is -4.45. The Bertz CT molecular complexity index is 1570. The molecule has 7 rings (SSSR count). The van der Waals surface area contributed by atoms with Crippen molar-refractivity contribution in [3.05, 3.63) is 89.1 Å². The first-order valence-electron chi connectivity index (χ1n) is 12.5. The number of anilines is 3. The van der Waals surface area contributed by atoms with Gasteiger partial charge in [-0.25, -0.2) is 0 Å². The van der Waals surface area contributed by atoms with Crippen molar-refractivity contribution in [1.29, 1.82) is 5.26 Å². The van der Waals surface area contributed by atoms with Crippen LogP contribution in [0, 0.1) is 11.3 Å². The summed E-state index contributed by atoms with van der Waals surface area (Å²) in [6.07, 6.45) is 0. The van der Waals surface area contributed by atoms with E-state index in [1.807, 2.05) is 35.0 Å². The second kappa shape index (κ2) is 10.0. The first-order chi connectivity index (χ1) is 19.3. The van der Waals surface area contributed by atoms with Crippen LogP contribution < -0.4 is 23.8 Å². The molecule has 39 heavy (non-hydrogen) atoms. The molecule has 0 spiro atoms.